The lowest BCUT2D eigenvalue weighted by Gasteiger charge is -2.30. The molecule has 0 bridgehead atoms. The van der Waals surface area contributed by atoms with E-state index in [0.29, 0.717) is 12.4 Å². The van der Waals surface area contributed by atoms with Gasteiger partial charge in [-0.25, -0.2) is 19.6 Å². The quantitative estimate of drug-likeness (QED) is 0.105. The van der Waals surface area contributed by atoms with Gasteiger partial charge in [-0.15, -0.1) is 0 Å². The molecule has 1 aliphatic rings. The maximum absolute atomic E-state index is 13.5. The van der Waals surface area contributed by atoms with Crippen molar-refractivity contribution in [3.63, 3.8) is 0 Å². The molecule has 0 aliphatic carbocycles. The summed E-state index contributed by atoms with van der Waals surface area (Å²) in [5.41, 5.74) is 5.67. The second kappa shape index (κ2) is 17.4. The summed E-state index contributed by atoms with van der Waals surface area (Å²) in [6.07, 6.45) is 3.89. The molecule has 1 saturated heterocycles. The zero-order valence-electron chi connectivity index (χ0n) is 32.2. The van der Waals surface area contributed by atoms with Gasteiger partial charge in [0.15, 0.2) is 0 Å². The normalized spacial score (nSPS) is 15.9. The molecule has 14 nitrogen and oxygen atoms in total. The minimum Gasteiger partial charge on any atom is -0.453 e. The van der Waals surface area contributed by atoms with Crippen LogP contribution in [0.1, 0.15) is 78.1 Å². The third-order valence-electron chi connectivity index (χ3n) is 9.83. The Labute approximate surface area is 316 Å². The lowest BCUT2D eigenvalue weighted by molar-refractivity contribution is -0.135. The number of likely N-dealkylation sites (tertiary alicyclic amines) is 1. The number of methoxy groups -OCH3 is 2. The van der Waals surface area contributed by atoms with Gasteiger partial charge in [-0.05, 0) is 52.8 Å². The van der Waals surface area contributed by atoms with Crippen molar-refractivity contribution in [2.45, 2.75) is 78.6 Å². The SMILES string of the molecule is COC(=O)N[C@H](C(=O)N[C@H](c1ncc(-c2ccc(-c3ccc(-c4cnc([C@@H]5CCCN5C(=O)[C@@H](NC(=O)OC)C(C)C)[nH]4)cc3)cc2)[nH]1)C(C)C)C(C)C. The molecule has 0 spiro atoms. The summed E-state index contributed by atoms with van der Waals surface area (Å²) in [7, 11) is 2.55. The first-order valence-electron chi connectivity index (χ1n) is 18.4. The number of nitrogens with zero attached hydrogens (tertiary/aromatic N) is 3. The van der Waals surface area contributed by atoms with E-state index >= 15 is 0 Å². The number of hydrogen-bond acceptors (Lipinski definition) is 8. The Morgan fingerprint density at radius 3 is 1.70 bits per heavy atom. The van der Waals surface area contributed by atoms with E-state index in [2.05, 4.69) is 60.2 Å². The molecule has 288 valence electrons. The van der Waals surface area contributed by atoms with E-state index in [4.69, 9.17) is 9.47 Å². The zero-order chi connectivity index (χ0) is 39.1. The van der Waals surface area contributed by atoms with Crippen LogP contribution in [0.5, 0.6) is 0 Å². The highest BCUT2D eigenvalue weighted by Gasteiger charge is 2.37. The molecule has 0 saturated carbocycles. The fourth-order valence-electron chi connectivity index (χ4n) is 6.69. The number of imidazole rings is 2. The van der Waals surface area contributed by atoms with Gasteiger partial charge in [0, 0.05) is 6.54 Å². The molecule has 54 heavy (non-hydrogen) atoms. The Kier molecular flexibility index (Phi) is 12.8. The summed E-state index contributed by atoms with van der Waals surface area (Å²) in [4.78, 5) is 68.4. The van der Waals surface area contributed by atoms with Gasteiger partial charge in [-0.1, -0.05) is 90.1 Å². The Morgan fingerprint density at radius 1 is 0.685 bits per heavy atom. The van der Waals surface area contributed by atoms with Gasteiger partial charge in [-0.2, -0.15) is 0 Å². The van der Waals surface area contributed by atoms with Crippen LogP contribution < -0.4 is 16.0 Å². The lowest BCUT2D eigenvalue weighted by Crippen LogP contribution is -2.51. The van der Waals surface area contributed by atoms with Crippen LogP contribution in [-0.2, 0) is 19.1 Å². The number of nitrogens with one attached hydrogen (secondary N) is 5. The molecule has 5 N–H and O–H groups in total. The van der Waals surface area contributed by atoms with Gasteiger partial charge in [0.2, 0.25) is 11.8 Å². The average molecular weight is 741 g/mol. The topological polar surface area (TPSA) is 183 Å². The van der Waals surface area contributed by atoms with Crippen LogP contribution in [0, 0.1) is 17.8 Å². The van der Waals surface area contributed by atoms with E-state index in [1.54, 1.807) is 17.3 Å². The van der Waals surface area contributed by atoms with Crippen molar-refractivity contribution in [1.82, 2.24) is 40.8 Å². The van der Waals surface area contributed by atoms with Gasteiger partial charge in [0.05, 0.1) is 50.1 Å². The number of rotatable bonds is 13. The van der Waals surface area contributed by atoms with Crippen molar-refractivity contribution in [2.75, 3.05) is 20.8 Å². The van der Waals surface area contributed by atoms with E-state index in [1.165, 1.54) is 14.2 Å². The standard InChI is InChI=1S/C40H52N8O6/c1-22(2)32(45-37(49)33(23(3)4)46-39(51)53-7)36-42-21-30(44-36)28-17-13-26(14-18-28)25-11-15-27(16-12-25)29-20-41-35(43-29)31-10-9-19-48(31)38(50)34(24(5)6)47-40(52)54-8/h11-18,20-24,31-34H,9-10,19H2,1-8H3,(H,41,43)(H,42,44)(H,45,49)(H,46,51)(H,47,52)/t31-,32-,33-,34-/m0/s1. The summed E-state index contributed by atoms with van der Waals surface area (Å²) in [6.45, 7) is 12.1. The number of benzene rings is 2. The summed E-state index contributed by atoms with van der Waals surface area (Å²) in [5, 5.41) is 8.36. The number of carbonyl (C=O) groups excluding carboxylic acids is 4. The number of ether oxygens (including phenoxy) is 2. The summed E-state index contributed by atoms with van der Waals surface area (Å²) >= 11 is 0. The minimum atomic E-state index is -0.756. The van der Waals surface area contributed by atoms with Crippen LogP contribution in [0.3, 0.4) is 0 Å². The second-order valence-corrected chi connectivity index (χ2v) is 14.7. The molecule has 5 rings (SSSR count). The van der Waals surface area contributed by atoms with Crippen LogP contribution in [0.2, 0.25) is 0 Å². The van der Waals surface area contributed by atoms with Gasteiger partial charge in [0.1, 0.15) is 23.7 Å². The Hall–Kier alpha value is -5.66. The number of aromatic amines is 2. The fraction of sp³-hybridized carbons (Fsp3) is 0.450. The third kappa shape index (κ3) is 9.10. The number of H-pyrrole nitrogens is 2. The van der Waals surface area contributed by atoms with Gasteiger partial charge < -0.3 is 40.3 Å². The largest absolute Gasteiger partial charge is 0.453 e. The first kappa shape index (κ1) is 39.5. The highest BCUT2D eigenvalue weighted by atomic mass is 16.5. The first-order chi connectivity index (χ1) is 25.8. The summed E-state index contributed by atoms with van der Waals surface area (Å²) in [5.74, 6) is 0.659. The molecule has 2 aromatic heterocycles. The maximum Gasteiger partial charge on any atom is 0.407 e. The summed E-state index contributed by atoms with van der Waals surface area (Å²) < 4.78 is 9.45. The van der Waals surface area contributed by atoms with Gasteiger partial charge in [-0.3, -0.25) is 9.59 Å². The van der Waals surface area contributed by atoms with Crippen molar-refractivity contribution in [1.29, 1.82) is 0 Å². The van der Waals surface area contributed by atoms with Gasteiger partial charge >= 0.3 is 12.2 Å². The number of alkyl carbamates (subject to hydrolysis) is 2. The second-order valence-electron chi connectivity index (χ2n) is 14.7. The predicted molar refractivity (Wildman–Crippen MR) is 205 cm³/mol. The molecule has 0 unspecified atom stereocenters. The molecule has 2 aromatic carbocycles. The zero-order valence-corrected chi connectivity index (χ0v) is 32.2. The average Bonchev–Trinajstić information content (AvgIpc) is 3.96. The van der Waals surface area contributed by atoms with Crippen molar-refractivity contribution in [3.05, 3.63) is 72.6 Å². The van der Waals surface area contributed by atoms with E-state index in [0.717, 1.165) is 52.3 Å². The van der Waals surface area contributed by atoms with E-state index in [-0.39, 0.29) is 35.6 Å². The molecule has 3 heterocycles. The number of aromatic nitrogens is 4. The van der Waals surface area contributed by atoms with Crippen LogP contribution in [-0.4, -0.2) is 81.7 Å². The smallest absolute Gasteiger partial charge is 0.407 e. The molecule has 0 radical (unpaired) electrons. The maximum atomic E-state index is 13.5. The Balaban J connectivity index is 1.25. The fourth-order valence-corrected chi connectivity index (χ4v) is 6.69. The van der Waals surface area contributed by atoms with Crippen molar-refractivity contribution >= 4 is 24.0 Å². The van der Waals surface area contributed by atoms with Crippen molar-refractivity contribution in [2.24, 2.45) is 17.8 Å². The summed E-state index contributed by atoms with van der Waals surface area (Å²) in [6, 6.07) is 14.3. The lowest BCUT2D eigenvalue weighted by atomic mass is 10.00. The van der Waals surface area contributed by atoms with E-state index in [9.17, 15) is 19.2 Å². The predicted octanol–water partition coefficient (Wildman–Crippen LogP) is 6.37. The number of amides is 4. The van der Waals surface area contributed by atoms with Crippen LogP contribution in [0.25, 0.3) is 33.6 Å². The number of hydrogen-bond donors (Lipinski definition) is 5. The van der Waals surface area contributed by atoms with E-state index < -0.39 is 30.3 Å². The molecule has 14 heteroatoms. The molecule has 1 aliphatic heterocycles. The monoisotopic (exact) mass is 740 g/mol. The van der Waals surface area contributed by atoms with Crippen LogP contribution >= 0.6 is 0 Å². The first-order valence-corrected chi connectivity index (χ1v) is 18.4. The Bertz CT molecular complexity index is 1820. The molecule has 4 aromatic rings. The van der Waals surface area contributed by atoms with Crippen LogP contribution in [0.4, 0.5) is 9.59 Å². The Morgan fingerprint density at radius 2 is 1.19 bits per heavy atom. The molecule has 4 atom stereocenters. The van der Waals surface area contributed by atoms with Gasteiger partial charge in [0.25, 0.3) is 0 Å². The van der Waals surface area contributed by atoms with Crippen LogP contribution in [0.15, 0.2) is 60.9 Å². The number of carbonyl (C=O) groups is 4. The molecular formula is C40H52N8O6. The van der Waals surface area contributed by atoms with Crippen molar-refractivity contribution in [3.8, 4) is 33.6 Å². The minimum absolute atomic E-state index is 0.0264. The van der Waals surface area contributed by atoms with Crippen molar-refractivity contribution < 1.29 is 28.7 Å². The highest BCUT2D eigenvalue weighted by molar-refractivity contribution is 5.87. The van der Waals surface area contributed by atoms with E-state index in [1.807, 2.05) is 65.8 Å². The highest BCUT2D eigenvalue weighted by Crippen LogP contribution is 2.33. The molecule has 1 fully saturated rings. The third-order valence-corrected chi connectivity index (χ3v) is 9.83. The molecule has 4 amide bonds. The molecular weight excluding hydrogens is 688 g/mol.